The molecule has 0 unspecified atom stereocenters. The lowest BCUT2D eigenvalue weighted by molar-refractivity contribution is -0.384. The molecule has 0 radical (unpaired) electrons. The average Bonchev–Trinajstić information content (AvgIpc) is 2.61. The molecule has 0 N–H and O–H groups in total. The number of methoxy groups -OCH3 is 1. The summed E-state index contributed by atoms with van der Waals surface area (Å²) in [6, 6.07) is 11.6. The number of ether oxygens (including phenoxy) is 2. The Morgan fingerprint density at radius 3 is 2.76 bits per heavy atom. The Bertz CT molecular complexity index is 872. The van der Waals surface area contributed by atoms with Crippen molar-refractivity contribution in [1.29, 1.82) is 5.26 Å². The predicted octanol–water partition coefficient (Wildman–Crippen LogP) is 4.83. The van der Waals surface area contributed by atoms with Crippen molar-refractivity contribution in [2.24, 2.45) is 0 Å². The fourth-order valence-corrected chi connectivity index (χ4v) is 2.82. The van der Waals surface area contributed by atoms with Gasteiger partial charge in [-0.3, -0.25) is 10.1 Å². The van der Waals surface area contributed by atoms with Crippen molar-refractivity contribution >= 4 is 33.3 Å². The molecule has 0 aliphatic carbocycles. The number of nitrogens with zero attached hydrogens (tertiary/aromatic N) is 2. The molecule has 2 aromatic carbocycles. The van der Waals surface area contributed by atoms with Gasteiger partial charge in [0, 0.05) is 12.1 Å². The number of halogens is 1. The maximum atomic E-state index is 10.9. The summed E-state index contributed by atoms with van der Waals surface area (Å²) >= 11 is 3.43. The van der Waals surface area contributed by atoms with Gasteiger partial charge in [0.15, 0.2) is 11.5 Å². The van der Waals surface area contributed by atoms with E-state index in [0.29, 0.717) is 39.3 Å². The quantitative estimate of drug-likeness (QED) is 0.299. The average molecular weight is 403 g/mol. The second-order valence-corrected chi connectivity index (χ2v) is 5.80. The Morgan fingerprint density at radius 1 is 1.40 bits per heavy atom. The first-order chi connectivity index (χ1) is 12.0. The number of nitriles is 1. The van der Waals surface area contributed by atoms with Crippen LogP contribution in [0, 0.1) is 21.4 Å². The molecule has 0 atom stereocenters. The molecule has 2 aromatic rings. The summed E-state index contributed by atoms with van der Waals surface area (Å²) in [6.07, 6.45) is 1.64. The summed E-state index contributed by atoms with van der Waals surface area (Å²) in [6.45, 7) is 2.36. The van der Waals surface area contributed by atoms with E-state index in [0.717, 1.165) is 0 Å². The summed E-state index contributed by atoms with van der Waals surface area (Å²) < 4.78 is 11.6. The number of benzene rings is 2. The second-order valence-electron chi connectivity index (χ2n) is 4.94. The Labute approximate surface area is 153 Å². The Hall–Kier alpha value is -2.85. The molecule has 0 heterocycles. The Kier molecular flexibility index (Phi) is 6.14. The first-order valence-electron chi connectivity index (χ1n) is 7.37. The molecular formula is C18H15BrN2O4. The standard InChI is InChI=1S/C18H15BrN2O4/c1-3-25-18-16(19)8-12(9-17(18)24-2)7-14(11-20)13-5-4-6-15(10-13)21(22)23/h4-10H,3H2,1-2H3. The van der Waals surface area contributed by atoms with Crippen LogP contribution in [-0.4, -0.2) is 18.6 Å². The minimum atomic E-state index is -0.491. The molecule has 0 aliphatic rings. The zero-order valence-corrected chi connectivity index (χ0v) is 15.2. The van der Waals surface area contributed by atoms with Crippen LogP contribution in [0.1, 0.15) is 18.1 Å². The summed E-state index contributed by atoms with van der Waals surface area (Å²) in [7, 11) is 1.53. The molecule has 0 aliphatic heterocycles. The van der Waals surface area contributed by atoms with Crippen LogP contribution in [-0.2, 0) is 0 Å². The van der Waals surface area contributed by atoms with Crippen molar-refractivity contribution < 1.29 is 14.4 Å². The molecule has 0 spiro atoms. The van der Waals surface area contributed by atoms with E-state index < -0.39 is 4.92 Å². The Balaban J connectivity index is 2.50. The minimum Gasteiger partial charge on any atom is -0.493 e. The molecule has 25 heavy (non-hydrogen) atoms. The van der Waals surface area contributed by atoms with Crippen molar-refractivity contribution in [3.63, 3.8) is 0 Å². The van der Waals surface area contributed by atoms with Gasteiger partial charge in [-0.05, 0) is 52.2 Å². The smallest absolute Gasteiger partial charge is 0.270 e. The van der Waals surface area contributed by atoms with Gasteiger partial charge >= 0.3 is 0 Å². The van der Waals surface area contributed by atoms with Gasteiger partial charge in [-0.15, -0.1) is 0 Å². The number of nitro benzene ring substituents is 1. The SMILES string of the molecule is CCOc1c(Br)cc(C=C(C#N)c2cccc([N+](=O)[O-])c2)cc1OC. The number of nitro groups is 1. The van der Waals surface area contributed by atoms with Gasteiger partial charge in [-0.1, -0.05) is 12.1 Å². The molecule has 0 amide bonds. The van der Waals surface area contributed by atoms with Crippen molar-refractivity contribution in [3.8, 4) is 17.6 Å². The highest BCUT2D eigenvalue weighted by Crippen LogP contribution is 2.37. The number of non-ortho nitro benzene ring substituents is 1. The fraction of sp³-hybridized carbons (Fsp3) is 0.167. The van der Waals surface area contributed by atoms with E-state index in [-0.39, 0.29) is 5.69 Å². The van der Waals surface area contributed by atoms with Gasteiger partial charge in [0.05, 0.1) is 34.8 Å². The molecule has 7 heteroatoms. The summed E-state index contributed by atoms with van der Waals surface area (Å²) in [5, 5.41) is 20.4. The molecule has 6 nitrogen and oxygen atoms in total. The van der Waals surface area contributed by atoms with Crippen LogP contribution in [0.15, 0.2) is 40.9 Å². The van der Waals surface area contributed by atoms with E-state index in [2.05, 4.69) is 22.0 Å². The van der Waals surface area contributed by atoms with Gasteiger partial charge in [0.25, 0.3) is 5.69 Å². The molecule has 0 saturated carbocycles. The number of hydrogen-bond acceptors (Lipinski definition) is 5. The molecule has 0 bridgehead atoms. The van der Waals surface area contributed by atoms with E-state index >= 15 is 0 Å². The molecule has 0 fully saturated rings. The lowest BCUT2D eigenvalue weighted by atomic mass is 10.0. The number of allylic oxidation sites excluding steroid dienone is 1. The van der Waals surface area contributed by atoms with Crippen LogP contribution >= 0.6 is 15.9 Å². The third-order valence-corrected chi connectivity index (χ3v) is 3.93. The monoisotopic (exact) mass is 402 g/mol. The minimum absolute atomic E-state index is 0.0656. The lowest BCUT2D eigenvalue weighted by Gasteiger charge is -2.12. The molecule has 2 rings (SSSR count). The normalized spacial score (nSPS) is 10.9. The highest BCUT2D eigenvalue weighted by Gasteiger charge is 2.12. The van der Waals surface area contributed by atoms with Crippen LogP contribution in [0.3, 0.4) is 0 Å². The highest BCUT2D eigenvalue weighted by molar-refractivity contribution is 9.10. The lowest BCUT2D eigenvalue weighted by Crippen LogP contribution is -1.97. The van der Waals surface area contributed by atoms with Crippen molar-refractivity contribution in [3.05, 3.63) is 62.1 Å². The fourth-order valence-electron chi connectivity index (χ4n) is 2.24. The topological polar surface area (TPSA) is 85.4 Å². The number of hydrogen-bond donors (Lipinski definition) is 0. The summed E-state index contributed by atoms with van der Waals surface area (Å²) in [5.74, 6) is 1.11. The number of rotatable bonds is 6. The second kappa shape index (κ2) is 8.31. The maximum Gasteiger partial charge on any atom is 0.270 e. The van der Waals surface area contributed by atoms with E-state index in [1.165, 1.54) is 19.2 Å². The van der Waals surface area contributed by atoms with E-state index in [9.17, 15) is 15.4 Å². The largest absolute Gasteiger partial charge is 0.493 e. The third kappa shape index (κ3) is 4.37. The zero-order valence-electron chi connectivity index (χ0n) is 13.7. The predicted molar refractivity (Wildman–Crippen MR) is 98.4 cm³/mol. The van der Waals surface area contributed by atoms with Crippen molar-refractivity contribution in [2.45, 2.75) is 6.92 Å². The van der Waals surface area contributed by atoms with Crippen LogP contribution in [0.5, 0.6) is 11.5 Å². The van der Waals surface area contributed by atoms with Gasteiger partial charge in [0.1, 0.15) is 0 Å². The van der Waals surface area contributed by atoms with Gasteiger partial charge < -0.3 is 9.47 Å². The van der Waals surface area contributed by atoms with Crippen LogP contribution in [0.25, 0.3) is 11.6 Å². The van der Waals surface area contributed by atoms with Gasteiger partial charge in [-0.25, -0.2) is 0 Å². The van der Waals surface area contributed by atoms with E-state index in [4.69, 9.17) is 9.47 Å². The first kappa shape index (κ1) is 18.5. The van der Waals surface area contributed by atoms with Crippen LogP contribution in [0.4, 0.5) is 5.69 Å². The maximum absolute atomic E-state index is 10.9. The Morgan fingerprint density at radius 2 is 2.16 bits per heavy atom. The van der Waals surface area contributed by atoms with E-state index in [1.807, 2.05) is 6.92 Å². The molecule has 0 saturated heterocycles. The van der Waals surface area contributed by atoms with Gasteiger partial charge in [-0.2, -0.15) is 5.26 Å². The third-order valence-electron chi connectivity index (χ3n) is 3.34. The molecule has 128 valence electrons. The first-order valence-corrected chi connectivity index (χ1v) is 8.16. The highest BCUT2D eigenvalue weighted by atomic mass is 79.9. The van der Waals surface area contributed by atoms with Crippen molar-refractivity contribution in [1.82, 2.24) is 0 Å². The molecule has 0 aromatic heterocycles. The zero-order chi connectivity index (χ0) is 18.4. The molecular weight excluding hydrogens is 388 g/mol. The van der Waals surface area contributed by atoms with Gasteiger partial charge in [0.2, 0.25) is 0 Å². The van der Waals surface area contributed by atoms with Crippen LogP contribution in [0.2, 0.25) is 0 Å². The van der Waals surface area contributed by atoms with Crippen molar-refractivity contribution in [2.75, 3.05) is 13.7 Å². The summed E-state index contributed by atoms with van der Waals surface area (Å²) in [4.78, 5) is 10.4. The summed E-state index contributed by atoms with van der Waals surface area (Å²) in [5.41, 5.74) is 1.42. The van der Waals surface area contributed by atoms with Crippen LogP contribution < -0.4 is 9.47 Å². The van der Waals surface area contributed by atoms with E-state index in [1.54, 1.807) is 30.3 Å².